The average molecular weight is 310 g/mol. The van der Waals surface area contributed by atoms with Gasteiger partial charge in [0.25, 0.3) is 10.0 Å². The highest BCUT2D eigenvalue weighted by Crippen LogP contribution is 2.28. The Kier molecular flexibility index (Phi) is 3.71. The van der Waals surface area contributed by atoms with Crippen LogP contribution in [0.15, 0.2) is 27.9 Å². The summed E-state index contributed by atoms with van der Waals surface area (Å²) in [5.74, 6) is 1.16. The summed E-state index contributed by atoms with van der Waals surface area (Å²) >= 11 is 0. The summed E-state index contributed by atoms with van der Waals surface area (Å²) in [4.78, 5) is 3.91. The van der Waals surface area contributed by atoms with E-state index >= 15 is 0 Å². The summed E-state index contributed by atoms with van der Waals surface area (Å²) in [6, 6.07) is 1.48. The molecule has 0 aromatic carbocycles. The molecule has 0 aliphatic heterocycles. The van der Waals surface area contributed by atoms with Crippen LogP contribution in [0.4, 0.5) is 6.01 Å². The number of nitrogens with zero attached hydrogens (tertiary/aromatic N) is 3. The van der Waals surface area contributed by atoms with Crippen molar-refractivity contribution in [1.82, 2.24) is 14.8 Å². The SMILES string of the molecule is CCc1cnc(NS(=O)(=O)c2ccnn2CC2CCC2)o1. The minimum atomic E-state index is -3.73. The molecule has 1 saturated carbocycles. The van der Waals surface area contributed by atoms with Gasteiger partial charge in [0.2, 0.25) is 0 Å². The smallest absolute Gasteiger partial charge is 0.309 e. The quantitative estimate of drug-likeness (QED) is 0.881. The molecule has 2 aromatic heterocycles. The minimum absolute atomic E-state index is 0.0109. The maximum atomic E-state index is 12.4. The van der Waals surface area contributed by atoms with E-state index in [2.05, 4.69) is 14.8 Å². The summed E-state index contributed by atoms with van der Waals surface area (Å²) < 4.78 is 34.0. The Morgan fingerprint density at radius 1 is 1.48 bits per heavy atom. The second kappa shape index (κ2) is 5.51. The van der Waals surface area contributed by atoms with Gasteiger partial charge in [0.1, 0.15) is 5.76 Å². The summed E-state index contributed by atoms with van der Waals surface area (Å²) in [5, 5.41) is 4.26. The van der Waals surface area contributed by atoms with E-state index in [0.29, 0.717) is 24.6 Å². The molecule has 8 heteroatoms. The lowest BCUT2D eigenvalue weighted by Gasteiger charge is -2.25. The lowest BCUT2D eigenvalue weighted by atomic mass is 9.85. The van der Waals surface area contributed by atoms with Crippen LogP contribution in [0.2, 0.25) is 0 Å². The van der Waals surface area contributed by atoms with E-state index in [9.17, 15) is 8.42 Å². The normalized spacial score (nSPS) is 15.9. The van der Waals surface area contributed by atoms with Crippen LogP contribution in [-0.4, -0.2) is 23.2 Å². The molecule has 114 valence electrons. The van der Waals surface area contributed by atoms with Gasteiger partial charge in [-0.15, -0.1) is 0 Å². The number of aryl methyl sites for hydroxylation is 1. The van der Waals surface area contributed by atoms with Gasteiger partial charge >= 0.3 is 6.01 Å². The topological polar surface area (TPSA) is 90.0 Å². The van der Waals surface area contributed by atoms with Crippen molar-refractivity contribution in [1.29, 1.82) is 0 Å². The number of hydrogen-bond acceptors (Lipinski definition) is 5. The molecular formula is C13H18N4O3S. The number of hydrogen-bond donors (Lipinski definition) is 1. The van der Waals surface area contributed by atoms with Crippen molar-refractivity contribution >= 4 is 16.0 Å². The minimum Gasteiger partial charge on any atom is -0.428 e. The van der Waals surface area contributed by atoms with Crippen LogP contribution in [0.25, 0.3) is 0 Å². The number of anilines is 1. The van der Waals surface area contributed by atoms with Crippen molar-refractivity contribution in [2.24, 2.45) is 5.92 Å². The highest BCUT2D eigenvalue weighted by atomic mass is 32.2. The van der Waals surface area contributed by atoms with Crippen LogP contribution >= 0.6 is 0 Å². The van der Waals surface area contributed by atoms with Crippen LogP contribution < -0.4 is 4.72 Å². The Morgan fingerprint density at radius 2 is 2.29 bits per heavy atom. The fourth-order valence-electron chi connectivity index (χ4n) is 2.29. The zero-order valence-electron chi connectivity index (χ0n) is 11.8. The first-order chi connectivity index (χ1) is 10.1. The number of nitrogens with one attached hydrogen (secondary N) is 1. The molecule has 0 amide bonds. The number of aromatic nitrogens is 3. The third-order valence-electron chi connectivity index (χ3n) is 3.73. The molecule has 1 N–H and O–H groups in total. The number of rotatable bonds is 6. The van der Waals surface area contributed by atoms with Gasteiger partial charge in [0.15, 0.2) is 5.03 Å². The molecule has 21 heavy (non-hydrogen) atoms. The molecule has 0 unspecified atom stereocenters. The zero-order chi connectivity index (χ0) is 14.9. The maximum absolute atomic E-state index is 12.4. The van der Waals surface area contributed by atoms with Crippen molar-refractivity contribution in [3.05, 3.63) is 24.2 Å². The summed E-state index contributed by atoms with van der Waals surface area (Å²) in [6.45, 7) is 2.54. The molecule has 0 spiro atoms. The number of sulfonamides is 1. The predicted octanol–water partition coefficient (Wildman–Crippen LogP) is 2.03. The largest absolute Gasteiger partial charge is 0.428 e. The average Bonchev–Trinajstić information content (AvgIpc) is 3.02. The molecule has 1 aliphatic carbocycles. The highest BCUT2D eigenvalue weighted by molar-refractivity contribution is 7.92. The molecule has 0 radical (unpaired) electrons. The van der Waals surface area contributed by atoms with Crippen LogP contribution in [0.5, 0.6) is 0 Å². The van der Waals surface area contributed by atoms with Gasteiger partial charge in [-0.1, -0.05) is 13.3 Å². The predicted molar refractivity (Wildman–Crippen MR) is 76.3 cm³/mol. The molecule has 2 aromatic rings. The molecule has 7 nitrogen and oxygen atoms in total. The fourth-order valence-corrected chi connectivity index (χ4v) is 3.36. The molecule has 1 aliphatic rings. The van der Waals surface area contributed by atoms with Crippen molar-refractivity contribution in [3.63, 3.8) is 0 Å². The Morgan fingerprint density at radius 3 is 2.90 bits per heavy atom. The van der Waals surface area contributed by atoms with Crippen LogP contribution in [0.1, 0.15) is 31.9 Å². The second-order valence-corrected chi connectivity index (χ2v) is 6.87. The first-order valence-electron chi connectivity index (χ1n) is 7.08. The fraction of sp³-hybridized carbons (Fsp3) is 0.538. The molecule has 3 rings (SSSR count). The van der Waals surface area contributed by atoms with E-state index < -0.39 is 10.0 Å². The molecule has 1 fully saturated rings. The first kappa shape index (κ1) is 14.1. The van der Waals surface area contributed by atoms with E-state index in [4.69, 9.17) is 4.42 Å². The van der Waals surface area contributed by atoms with E-state index in [-0.39, 0.29) is 11.0 Å². The first-order valence-corrected chi connectivity index (χ1v) is 8.56. The monoisotopic (exact) mass is 310 g/mol. The number of oxazole rings is 1. The highest BCUT2D eigenvalue weighted by Gasteiger charge is 2.25. The third-order valence-corrected chi connectivity index (χ3v) is 5.07. The Labute approximate surface area is 123 Å². The zero-order valence-corrected chi connectivity index (χ0v) is 12.6. The van der Waals surface area contributed by atoms with Crippen LogP contribution in [-0.2, 0) is 23.0 Å². The van der Waals surface area contributed by atoms with Crippen molar-refractivity contribution in [3.8, 4) is 0 Å². The second-order valence-electron chi connectivity index (χ2n) is 5.24. The third kappa shape index (κ3) is 2.94. The van der Waals surface area contributed by atoms with Crippen LogP contribution in [0.3, 0.4) is 0 Å². The van der Waals surface area contributed by atoms with E-state index in [1.165, 1.54) is 29.6 Å². The maximum Gasteiger partial charge on any atom is 0.309 e. The van der Waals surface area contributed by atoms with Crippen molar-refractivity contribution in [2.45, 2.75) is 44.2 Å². The Hall–Kier alpha value is -1.83. The van der Waals surface area contributed by atoms with Crippen molar-refractivity contribution < 1.29 is 12.8 Å². The van der Waals surface area contributed by atoms with Gasteiger partial charge in [-0.3, -0.25) is 4.68 Å². The van der Waals surface area contributed by atoms with E-state index in [1.54, 1.807) is 0 Å². The molecule has 2 heterocycles. The Bertz CT molecular complexity index is 715. The van der Waals surface area contributed by atoms with E-state index in [0.717, 1.165) is 12.8 Å². The van der Waals surface area contributed by atoms with Gasteiger partial charge in [-0.05, 0) is 24.8 Å². The summed E-state index contributed by atoms with van der Waals surface area (Å²) in [6.07, 6.45) is 7.15. The Balaban J connectivity index is 1.79. The molecule has 0 atom stereocenters. The molecule has 0 saturated heterocycles. The standard InChI is InChI=1S/C13H18N4O3S/c1-2-11-8-14-13(20-11)16-21(18,19)12-6-7-15-17(12)9-10-4-3-5-10/h6-8,10H,2-5,9H2,1H3,(H,14,16). The lowest BCUT2D eigenvalue weighted by Crippen LogP contribution is -2.23. The van der Waals surface area contributed by atoms with Gasteiger partial charge in [-0.25, -0.2) is 9.71 Å². The molecule has 0 bridgehead atoms. The van der Waals surface area contributed by atoms with Crippen LogP contribution in [0, 0.1) is 5.92 Å². The van der Waals surface area contributed by atoms with Gasteiger partial charge in [-0.2, -0.15) is 13.5 Å². The van der Waals surface area contributed by atoms with Gasteiger partial charge < -0.3 is 4.42 Å². The molecular weight excluding hydrogens is 292 g/mol. The summed E-state index contributed by atoms with van der Waals surface area (Å²) in [5.41, 5.74) is 0. The van der Waals surface area contributed by atoms with Crippen molar-refractivity contribution in [2.75, 3.05) is 4.72 Å². The lowest BCUT2D eigenvalue weighted by molar-refractivity contribution is 0.258. The summed E-state index contributed by atoms with van der Waals surface area (Å²) in [7, 11) is -3.73. The van der Waals surface area contributed by atoms with Gasteiger partial charge in [0.05, 0.1) is 12.4 Å². The van der Waals surface area contributed by atoms with Gasteiger partial charge in [0, 0.05) is 13.0 Å². The van der Waals surface area contributed by atoms with E-state index in [1.807, 2.05) is 6.92 Å².